The van der Waals surface area contributed by atoms with Crippen molar-refractivity contribution in [3.05, 3.63) is 63.1 Å². The van der Waals surface area contributed by atoms with E-state index in [2.05, 4.69) is 27.4 Å². The number of rotatable bonds is 5. The number of H-pyrrole nitrogens is 1. The van der Waals surface area contributed by atoms with Crippen LogP contribution >= 0.6 is 23.2 Å². The Morgan fingerprint density at radius 2 is 1.88 bits per heavy atom. The first kappa shape index (κ1) is 36.5. The summed E-state index contributed by atoms with van der Waals surface area (Å²) in [4.78, 5) is 23.1. The highest BCUT2D eigenvalue weighted by molar-refractivity contribution is 6.43. The number of pyridine rings is 1. The second kappa shape index (κ2) is 16.4. The van der Waals surface area contributed by atoms with Gasteiger partial charge in [-0.2, -0.15) is 5.26 Å². The predicted molar refractivity (Wildman–Crippen MR) is 197 cm³/mol. The first-order chi connectivity index (χ1) is 24.3. The molecule has 2 saturated carbocycles. The maximum absolute atomic E-state index is 16.3. The van der Waals surface area contributed by atoms with Gasteiger partial charge in [-0.05, 0) is 101 Å². The monoisotopic (exact) mass is 721 g/mol. The van der Waals surface area contributed by atoms with Crippen LogP contribution < -0.4 is 5.32 Å². The largest absolute Gasteiger partial charge is 0.400 e. The van der Waals surface area contributed by atoms with E-state index in [1.807, 2.05) is 17.9 Å². The van der Waals surface area contributed by atoms with Crippen molar-refractivity contribution in [2.45, 2.75) is 83.2 Å². The van der Waals surface area contributed by atoms with Crippen molar-refractivity contribution in [1.82, 2.24) is 20.2 Å². The summed E-state index contributed by atoms with van der Waals surface area (Å²) in [5.41, 5.74) is 4.17. The number of benzene rings is 2. The maximum atomic E-state index is 16.3. The van der Waals surface area contributed by atoms with Gasteiger partial charge >= 0.3 is 0 Å². The predicted octanol–water partition coefficient (Wildman–Crippen LogP) is 8.44. The van der Waals surface area contributed by atoms with Crippen molar-refractivity contribution < 1.29 is 19.0 Å². The Labute approximate surface area is 303 Å². The molecule has 2 aromatic heterocycles. The van der Waals surface area contributed by atoms with Crippen molar-refractivity contribution >= 4 is 50.9 Å². The van der Waals surface area contributed by atoms with Gasteiger partial charge in [0.15, 0.2) is 5.82 Å². The van der Waals surface area contributed by atoms with Crippen LogP contribution in [-0.2, 0) is 16.0 Å². The number of aliphatic hydroxyl groups excluding tert-OH is 1. The number of hydrogen-bond donors (Lipinski definition) is 3. The number of likely N-dealkylation sites (tertiary alicyclic amines) is 1. The average molecular weight is 723 g/mol. The molecule has 10 rings (SSSR count). The minimum absolute atomic E-state index is 0.0117. The van der Waals surface area contributed by atoms with Gasteiger partial charge in [-0.25, -0.2) is 9.37 Å². The number of carbonyl (C=O) groups excluding carboxylic acids is 1. The average Bonchev–Trinajstić information content (AvgIpc) is 3.76. The molecule has 6 heterocycles. The number of nitriles is 1. The van der Waals surface area contributed by atoms with Crippen molar-refractivity contribution in [3.8, 4) is 17.2 Å². The zero-order valence-electron chi connectivity index (χ0n) is 28.8. The van der Waals surface area contributed by atoms with E-state index < -0.39 is 5.82 Å². The van der Waals surface area contributed by atoms with Crippen LogP contribution in [-0.4, -0.2) is 65.3 Å². The van der Waals surface area contributed by atoms with Crippen LogP contribution in [0.4, 0.5) is 4.39 Å². The summed E-state index contributed by atoms with van der Waals surface area (Å²) >= 11 is 12.8. The van der Waals surface area contributed by atoms with Crippen molar-refractivity contribution in [1.29, 1.82) is 5.26 Å². The minimum atomic E-state index is -0.484. The highest BCUT2D eigenvalue weighted by Gasteiger charge is 2.39. The van der Waals surface area contributed by atoms with Gasteiger partial charge in [-0.3, -0.25) is 4.79 Å². The molecule has 4 aromatic rings. The fourth-order valence-corrected chi connectivity index (χ4v) is 7.98. The topological polar surface area (TPSA) is 114 Å². The molecule has 1 amide bonds. The molecule has 0 spiro atoms. The van der Waals surface area contributed by atoms with Crippen molar-refractivity contribution in [2.24, 2.45) is 11.8 Å². The number of nitrogens with one attached hydrogen (secondary N) is 2. The van der Waals surface area contributed by atoms with Gasteiger partial charge in [0, 0.05) is 78.5 Å². The lowest BCUT2D eigenvalue weighted by atomic mass is 9.87. The number of hydrogen-bond acceptors (Lipinski definition) is 6. The van der Waals surface area contributed by atoms with Gasteiger partial charge in [-0.15, -0.1) is 0 Å². The lowest BCUT2D eigenvalue weighted by Gasteiger charge is -2.24. The second-order valence-corrected chi connectivity index (χ2v) is 14.6. The van der Waals surface area contributed by atoms with Crippen LogP contribution in [0, 0.1) is 35.9 Å². The third kappa shape index (κ3) is 7.66. The number of aryl methyl sites for hydroxylation is 2. The minimum Gasteiger partial charge on any atom is -0.400 e. The number of amides is 1. The van der Waals surface area contributed by atoms with Crippen LogP contribution in [0.25, 0.3) is 32.9 Å². The van der Waals surface area contributed by atoms with E-state index in [1.54, 1.807) is 18.2 Å². The quantitative estimate of drug-likeness (QED) is 0.191. The van der Waals surface area contributed by atoms with Crippen LogP contribution in [0.1, 0.15) is 80.8 Å². The molecule has 2 bridgehead atoms. The van der Waals surface area contributed by atoms with Crippen LogP contribution in [0.5, 0.6) is 0 Å². The molecule has 3 N–H and O–H groups in total. The van der Waals surface area contributed by atoms with Crippen LogP contribution in [0.2, 0.25) is 10.0 Å². The molecule has 6 fully saturated rings. The second-order valence-electron chi connectivity index (χ2n) is 13.8. The van der Waals surface area contributed by atoms with Gasteiger partial charge in [0.05, 0.1) is 27.7 Å². The van der Waals surface area contributed by atoms with Gasteiger partial charge in [-0.1, -0.05) is 35.3 Å². The Morgan fingerprint density at radius 3 is 2.48 bits per heavy atom. The highest BCUT2D eigenvalue weighted by atomic mass is 35.5. The SMILES string of the molecule is C1CCOC1.C1NC2CC1C2.CO.Cc1nc2c(F)c(-c3cccc(Cl)c3Cl)c(CCC#N)cc2c2[nH]c(C3CCCN3C(=O)C3CC3)cc12. The molecule has 2 aromatic carbocycles. The van der Waals surface area contributed by atoms with Crippen molar-refractivity contribution in [3.63, 3.8) is 0 Å². The van der Waals surface area contributed by atoms with Gasteiger partial charge < -0.3 is 25.0 Å². The van der Waals surface area contributed by atoms with E-state index in [1.165, 1.54) is 32.2 Å². The lowest BCUT2D eigenvalue weighted by Crippen LogP contribution is -2.31. The van der Waals surface area contributed by atoms with Gasteiger partial charge in [0.1, 0.15) is 5.52 Å². The molecular weight excluding hydrogens is 676 g/mol. The molecular formula is C39H46Cl2FN5O3. The van der Waals surface area contributed by atoms with E-state index in [9.17, 15) is 10.1 Å². The number of ether oxygens (including phenoxy) is 1. The third-order valence-corrected chi connectivity index (χ3v) is 11.2. The number of fused-ring (bicyclic) bond motifs is 4. The smallest absolute Gasteiger partial charge is 0.226 e. The molecule has 0 radical (unpaired) electrons. The molecule has 4 aliphatic heterocycles. The Kier molecular flexibility index (Phi) is 12.0. The van der Waals surface area contributed by atoms with E-state index in [-0.39, 0.29) is 34.8 Å². The molecule has 8 nitrogen and oxygen atoms in total. The van der Waals surface area contributed by atoms with Crippen molar-refractivity contribution in [2.75, 3.05) is 33.4 Å². The van der Waals surface area contributed by atoms with Crippen LogP contribution in [0.3, 0.4) is 0 Å². The zero-order chi connectivity index (χ0) is 35.4. The number of nitrogens with zero attached hydrogens (tertiary/aromatic N) is 3. The summed E-state index contributed by atoms with van der Waals surface area (Å²) in [6.07, 6.45) is 9.91. The Morgan fingerprint density at radius 1 is 1.12 bits per heavy atom. The number of aliphatic hydroxyl groups is 1. The first-order valence-electron chi connectivity index (χ1n) is 17.9. The zero-order valence-corrected chi connectivity index (χ0v) is 30.3. The molecule has 4 saturated heterocycles. The molecule has 50 heavy (non-hydrogen) atoms. The molecule has 1 unspecified atom stereocenters. The molecule has 2 aliphatic carbocycles. The van der Waals surface area contributed by atoms with Gasteiger partial charge in [0.25, 0.3) is 0 Å². The van der Waals surface area contributed by atoms with E-state index >= 15 is 4.39 Å². The maximum Gasteiger partial charge on any atom is 0.226 e. The Hall–Kier alpha value is -3.26. The molecule has 1 atom stereocenters. The summed E-state index contributed by atoms with van der Waals surface area (Å²) in [6.45, 7) is 5.95. The summed E-state index contributed by atoms with van der Waals surface area (Å²) in [5.74, 6) is 1.01. The number of aromatic amines is 1. The van der Waals surface area contributed by atoms with Crippen LogP contribution in [0.15, 0.2) is 30.3 Å². The third-order valence-electron chi connectivity index (χ3n) is 10.4. The molecule has 266 valence electrons. The summed E-state index contributed by atoms with van der Waals surface area (Å²) in [6, 6.07) is 12.2. The fourth-order valence-electron chi connectivity index (χ4n) is 7.58. The van der Waals surface area contributed by atoms with Gasteiger partial charge in [0.2, 0.25) is 5.91 Å². The summed E-state index contributed by atoms with van der Waals surface area (Å²) in [7, 11) is 1.00. The summed E-state index contributed by atoms with van der Waals surface area (Å²) in [5, 5.41) is 21.8. The number of aromatic nitrogens is 2. The molecule has 6 aliphatic rings. The summed E-state index contributed by atoms with van der Waals surface area (Å²) < 4.78 is 21.3. The number of carbonyl (C=O) groups is 1. The fraction of sp³-hybridized carbons (Fsp3) is 0.513. The highest BCUT2D eigenvalue weighted by Crippen LogP contribution is 2.43. The normalized spacial score (nSPS) is 21.8. The van der Waals surface area contributed by atoms with E-state index in [4.69, 9.17) is 33.0 Å². The Balaban J connectivity index is 0.000000277. The number of halogens is 3. The Bertz CT molecular complexity index is 1860. The lowest BCUT2D eigenvalue weighted by molar-refractivity contribution is -0.133. The standard InChI is InChI=1S/C29H25Cl2FN4O.C5H9N.C4H8O.CH4O/c1-15-19-14-22(23-8-4-12-36(23)29(37)16-9-10-16)35-27(19)20-13-17(5-3-11-33)24(26(32)28(20)34-15)18-6-2-7-21(30)25(18)31;1-4-2-5(1)6-3-4;1-2-4-5-3-1;1-2/h2,6-7,13-14,16,23,35H,3-5,8-10,12H2,1H3;4-6H,1-3H2;1-4H2;2H,1H3. The first-order valence-corrected chi connectivity index (χ1v) is 18.6. The van der Waals surface area contributed by atoms with E-state index in [0.717, 1.165) is 81.1 Å². The molecule has 11 heteroatoms. The van der Waals surface area contributed by atoms with E-state index in [0.29, 0.717) is 39.2 Å².